The maximum absolute atomic E-state index is 12.2. The summed E-state index contributed by atoms with van der Waals surface area (Å²) in [5, 5.41) is 3.37. The number of pyridine rings is 1. The molecule has 1 aromatic rings. The van der Waals surface area contributed by atoms with Crippen LogP contribution in [0.25, 0.3) is 0 Å². The average molecular weight is 231 g/mol. The van der Waals surface area contributed by atoms with Gasteiger partial charge < -0.3 is 10.2 Å². The van der Waals surface area contributed by atoms with E-state index in [4.69, 9.17) is 0 Å². The van der Waals surface area contributed by atoms with E-state index < -0.39 is 0 Å². The van der Waals surface area contributed by atoms with Gasteiger partial charge in [0, 0.05) is 38.1 Å². The van der Waals surface area contributed by atoms with Gasteiger partial charge in [0.15, 0.2) is 0 Å². The van der Waals surface area contributed by atoms with Crippen LogP contribution in [0.15, 0.2) is 24.5 Å². The van der Waals surface area contributed by atoms with E-state index in [0.29, 0.717) is 18.4 Å². The lowest BCUT2D eigenvalue weighted by Crippen LogP contribution is -2.39. The van der Waals surface area contributed by atoms with Crippen molar-refractivity contribution in [2.24, 2.45) is 5.92 Å². The predicted octanol–water partition coefficient (Wildman–Crippen LogP) is 0.444. The van der Waals surface area contributed by atoms with E-state index in [1.54, 1.807) is 12.4 Å². The number of carbonyl (C=O) groups excluding carboxylic acids is 1. The predicted molar refractivity (Wildman–Crippen MR) is 64.4 cm³/mol. The molecule has 0 saturated carbocycles. The Kier molecular flexibility index (Phi) is 2.81. The summed E-state index contributed by atoms with van der Waals surface area (Å²) < 4.78 is 0. The average Bonchev–Trinajstić information content (AvgIpc) is 2.91. The van der Waals surface area contributed by atoms with Gasteiger partial charge in [-0.25, -0.2) is 0 Å². The number of nitrogens with one attached hydrogen (secondary N) is 1. The molecule has 2 fully saturated rings. The molecule has 4 nitrogen and oxygen atoms in total. The van der Waals surface area contributed by atoms with Gasteiger partial charge in [-0.1, -0.05) is 0 Å². The second-order valence-electron chi connectivity index (χ2n) is 4.89. The topological polar surface area (TPSA) is 45.2 Å². The Morgan fingerprint density at radius 2 is 2.24 bits per heavy atom. The molecule has 2 aliphatic rings. The molecule has 2 atom stereocenters. The Morgan fingerprint density at radius 1 is 1.41 bits per heavy atom. The molecule has 4 heteroatoms. The van der Waals surface area contributed by atoms with Crippen LogP contribution < -0.4 is 5.32 Å². The van der Waals surface area contributed by atoms with Gasteiger partial charge >= 0.3 is 0 Å². The summed E-state index contributed by atoms with van der Waals surface area (Å²) in [5.74, 6) is 0.934. The van der Waals surface area contributed by atoms with Crippen molar-refractivity contribution in [3.63, 3.8) is 0 Å². The number of carbonyl (C=O) groups is 1. The quantitative estimate of drug-likeness (QED) is 0.803. The number of likely N-dealkylation sites (tertiary alicyclic amines) is 1. The van der Waals surface area contributed by atoms with E-state index in [0.717, 1.165) is 31.6 Å². The molecule has 0 bridgehead atoms. The summed E-state index contributed by atoms with van der Waals surface area (Å²) in [4.78, 5) is 18.3. The Bertz CT molecular complexity index is 406. The summed E-state index contributed by atoms with van der Waals surface area (Å²) >= 11 is 0. The fourth-order valence-corrected chi connectivity index (χ4v) is 2.94. The summed E-state index contributed by atoms with van der Waals surface area (Å²) in [6, 6.07) is 4.26. The molecule has 17 heavy (non-hydrogen) atoms. The SMILES string of the molecule is O=C(Cc1ccncc1)N1CC[C@H]2CNC[C@H]21. The molecule has 0 aromatic carbocycles. The Labute approximate surface area is 101 Å². The largest absolute Gasteiger partial charge is 0.338 e. The lowest BCUT2D eigenvalue weighted by Gasteiger charge is -2.23. The van der Waals surface area contributed by atoms with Crippen molar-refractivity contribution >= 4 is 5.91 Å². The van der Waals surface area contributed by atoms with Crippen LogP contribution in [-0.2, 0) is 11.2 Å². The number of rotatable bonds is 2. The summed E-state index contributed by atoms with van der Waals surface area (Å²) in [6.07, 6.45) is 5.14. The minimum Gasteiger partial charge on any atom is -0.338 e. The molecule has 3 heterocycles. The van der Waals surface area contributed by atoms with Crippen LogP contribution in [0, 0.1) is 5.92 Å². The molecular weight excluding hydrogens is 214 g/mol. The zero-order valence-corrected chi connectivity index (χ0v) is 9.80. The summed E-state index contributed by atoms with van der Waals surface area (Å²) in [7, 11) is 0. The molecule has 0 spiro atoms. The van der Waals surface area contributed by atoms with Crippen molar-refractivity contribution in [3.05, 3.63) is 30.1 Å². The highest BCUT2D eigenvalue weighted by Crippen LogP contribution is 2.27. The minimum atomic E-state index is 0.257. The van der Waals surface area contributed by atoms with Crippen LogP contribution in [0.1, 0.15) is 12.0 Å². The second kappa shape index (κ2) is 4.45. The first-order chi connectivity index (χ1) is 8.34. The van der Waals surface area contributed by atoms with Gasteiger partial charge in [-0.3, -0.25) is 9.78 Å². The van der Waals surface area contributed by atoms with Crippen molar-refractivity contribution in [2.45, 2.75) is 18.9 Å². The number of amides is 1. The van der Waals surface area contributed by atoms with Crippen molar-refractivity contribution in [3.8, 4) is 0 Å². The maximum Gasteiger partial charge on any atom is 0.227 e. The zero-order chi connectivity index (χ0) is 11.7. The standard InChI is InChI=1S/C13H17N3O/c17-13(7-10-1-4-14-5-2-10)16-6-3-11-8-15-9-12(11)16/h1-2,4-5,11-12,15H,3,6-9H2/t11-,12+/m0/s1. The molecule has 90 valence electrons. The molecule has 2 saturated heterocycles. The van der Waals surface area contributed by atoms with Gasteiger partial charge in [0.25, 0.3) is 0 Å². The van der Waals surface area contributed by atoms with Crippen molar-refractivity contribution in [1.82, 2.24) is 15.2 Å². The first kappa shape index (κ1) is 10.7. The van der Waals surface area contributed by atoms with Crippen LogP contribution in [-0.4, -0.2) is 41.5 Å². The molecule has 3 rings (SSSR count). The number of fused-ring (bicyclic) bond motifs is 1. The Hall–Kier alpha value is -1.42. The molecule has 0 aliphatic carbocycles. The minimum absolute atomic E-state index is 0.257. The third kappa shape index (κ3) is 2.05. The van der Waals surface area contributed by atoms with Gasteiger partial charge in [0.05, 0.1) is 6.42 Å². The van der Waals surface area contributed by atoms with Crippen molar-refractivity contribution < 1.29 is 4.79 Å². The highest BCUT2D eigenvalue weighted by Gasteiger charge is 2.39. The van der Waals surface area contributed by atoms with Crippen molar-refractivity contribution in [1.29, 1.82) is 0 Å². The van der Waals surface area contributed by atoms with Gasteiger partial charge in [0.2, 0.25) is 5.91 Å². The van der Waals surface area contributed by atoms with E-state index >= 15 is 0 Å². The highest BCUT2D eigenvalue weighted by molar-refractivity contribution is 5.79. The van der Waals surface area contributed by atoms with E-state index in [-0.39, 0.29) is 5.91 Å². The number of hydrogen-bond donors (Lipinski definition) is 1. The van der Waals surface area contributed by atoms with E-state index in [1.165, 1.54) is 0 Å². The normalized spacial score (nSPS) is 27.2. The van der Waals surface area contributed by atoms with Gasteiger partial charge in [0.1, 0.15) is 0 Å². The fraction of sp³-hybridized carbons (Fsp3) is 0.538. The Morgan fingerprint density at radius 3 is 3.06 bits per heavy atom. The van der Waals surface area contributed by atoms with Crippen LogP contribution >= 0.6 is 0 Å². The van der Waals surface area contributed by atoms with Crippen molar-refractivity contribution in [2.75, 3.05) is 19.6 Å². The molecule has 0 radical (unpaired) electrons. The lowest BCUT2D eigenvalue weighted by molar-refractivity contribution is -0.131. The summed E-state index contributed by atoms with van der Waals surface area (Å²) in [5.41, 5.74) is 1.06. The monoisotopic (exact) mass is 231 g/mol. The number of hydrogen-bond acceptors (Lipinski definition) is 3. The van der Waals surface area contributed by atoms with Gasteiger partial charge in [-0.15, -0.1) is 0 Å². The van der Waals surface area contributed by atoms with Crippen LogP contribution in [0.3, 0.4) is 0 Å². The first-order valence-electron chi connectivity index (χ1n) is 6.23. The smallest absolute Gasteiger partial charge is 0.227 e. The number of nitrogens with zero attached hydrogens (tertiary/aromatic N) is 2. The number of aromatic nitrogens is 1. The summed E-state index contributed by atoms with van der Waals surface area (Å²) in [6.45, 7) is 2.97. The molecule has 1 N–H and O–H groups in total. The van der Waals surface area contributed by atoms with Gasteiger partial charge in [-0.2, -0.15) is 0 Å². The highest BCUT2D eigenvalue weighted by atomic mass is 16.2. The zero-order valence-electron chi connectivity index (χ0n) is 9.80. The third-order valence-corrected chi connectivity index (χ3v) is 3.87. The third-order valence-electron chi connectivity index (χ3n) is 3.87. The van der Waals surface area contributed by atoms with Gasteiger partial charge in [-0.05, 0) is 30.0 Å². The first-order valence-corrected chi connectivity index (χ1v) is 6.23. The molecule has 1 aromatic heterocycles. The molecular formula is C13H17N3O. The van der Waals surface area contributed by atoms with Crippen LogP contribution in [0.2, 0.25) is 0 Å². The van der Waals surface area contributed by atoms with E-state index in [2.05, 4.69) is 15.2 Å². The molecule has 1 amide bonds. The fourth-order valence-electron chi connectivity index (χ4n) is 2.94. The van der Waals surface area contributed by atoms with E-state index in [9.17, 15) is 4.79 Å². The second-order valence-corrected chi connectivity index (χ2v) is 4.89. The van der Waals surface area contributed by atoms with Crippen LogP contribution in [0.5, 0.6) is 0 Å². The molecule has 2 aliphatic heterocycles. The lowest BCUT2D eigenvalue weighted by atomic mass is 10.0. The maximum atomic E-state index is 12.2. The molecule has 0 unspecified atom stereocenters. The Balaban J connectivity index is 1.67. The van der Waals surface area contributed by atoms with Crippen LogP contribution in [0.4, 0.5) is 0 Å². The van der Waals surface area contributed by atoms with E-state index in [1.807, 2.05) is 12.1 Å².